The zero-order valence-corrected chi connectivity index (χ0v) is 17.0. The van der Waals surface area contributed by atoms with Gasteiger partial charge in [-0.3, -0.25) is 0 Å². The molecule has 0 aromatic carbocycles. The van der Waals surface area contributed by atoms with Crippen molar-refractivity contribution in [2.45, 2.75) is 81.4 Å². The Hall–Kier alpha value is 0.1000. The molecule has 2 aliphatic carbocycles. The number of halogens is 3. The van der Waals surface area contributed by atoms with E-state index < -0.39 is 22.1 Å². The molecule has 0 amide bonds. The molecular formula is C21H35F3OS. The molecule has 152 valence electrons. The lowest BCUT2D eigenvalue weighted by atomic mass is 9.59. The van der Waals surface area contributed by atoms with E-state index in [4.69, 9.17) is 0 Å². The second-order valence-electron chi connectivity index (χ2n) is 10.0. The smallest absolute Gasteiger partial charge is 0.391 e. The van der Waals surface area contributed by atoms with Gasteiger partial charge >= 0.3 is 6.18 Å². The first-order chi connectivity index (χ1) is 12.2. The van der Waals surface area contributed by atoms with Crippen LogP contribution < -0.4 is 0 Å². The SMILES string of the molecule is C[C@]12CCC3[C@@H](CC[C@@H]4CC(C(F)(F)F)CCS34C)C1CCC2CCO. The minimum Gasteiger partial charge on any atom is -0.396 e. The Balaban J connectivity index is 1.54. The summed E-state index contributed by atoms with van der Waals surface area (Å²) in [6, 6.07) is 0. The van der Waals surface area contributed by atoms with Crippen LogP contribution >= 0.6 is 10.0 Å². The van der Waals surface area contributed by atoms with Crippen molar-refractivity contribution < 1.29 is 18.3 Å². The highest BCUT2D eigenvalue weighted by molar-refractivity contribution is 8.34. The van der Waals surface area contributed by atoms with Gasteiger partial charge < -0.3 is 5.11 Å². The maximum absolute atomic E-state index is 13.3. The van der Waals surface area contributed by atoms with Gasteiger partial charge in [-0.15, -0.1) is 0 Å². The van der Waals surface area contributed by atoms with Gasteiger partial charge in [-0.2, -0.15) is 13.2 Å². The molecule has 1 nitrogen and oxygen atoms in total. The van der Waals surface area contributed by atoms with E-state index in [2.05, 4.69) is 13.2 Å². The van der Waals surface area contributed by atoms with Crippen LogP contribution in [0.5, 0.6) is 0 Å². The van der Waals surface area contributed by atoms with Crippen molar-refractivity contribution in [3.63, 3.8) is 0 Å². The van der Waals surface area contributed by atoms with Gasteiger partial charge in [0.25, 0.3) is 0 Å². The Morgan fingerprint density at radius 1 is 1.08 bits per heavy atom. The van der Waals surface area contributed by atoms with Crippen molar-refractivity contribution in [3.8, 4) is 0 Å². The molecule has 0 bridgehead atoms. The summed E-state index contributed by atoms with van der Waals surface area (Å²) in [5.41, 5.74) is 0.371. The first-order valence-corrected chi connectivity index (χ1v) is 12.9. The van der Waals surface area contributed by atoms with Crippen LogP contribution in [0.2, 0.25) is 0 Å². The van der Waals surface area contributed by atoms with Crippen LogP contribution in [0.15, 0.2) is 0 Å². The molecule has 2 heterocycles. The number of aliphatic hydroxyl groups excluding tert-OH is 1. The van der Waals surface area contributed by atoms with Crippen LogP contribution in [0.3, 0.4) is 0 Å². The Kier molecular flexibility index (Phi) is 4.91. The van der Waals surface area contributed by atoms with Crippen molar-refractivity contribution in [2.24, 2.45) is 29.1 Å². The minimum atomic E-state index is -3.99. The summed E-state index contributed by atoms with van der Waals surface area (Å²) in [6.07, 6.45) is 7.35. The van der Waals surface area contributed by atoms with Gasteiger partial charge in [0.1, 0.15) is 0 Å². The third-order valence-electron chi connectivity index (χ3n) is 9.24. The van der Waals surface area contributed by atoms with E-state index in [0.29, 0.717) is 41.3 Å². The van der Waals surface area contributed by atoms with E-state index in [1.54, 1.807) is 0 Å². The minimum absolute atomic E-state index is 0.297. The number of alkyl halides is 3. The maximum Gasteiger partial charge on any atom is 0.391 e. The van der Waals surface area contributed by atoms with E-state index in [-0.39, 0.29) is 0 Å². The first-order valence-electron chi connectivity index (χ1n) is 10.6. The van der Waals surface area contributed by atoms with Crippen molar-refractivity contribution in [1.82, 2.24) is 0 Å². The Labute approximate surface area is 157 Å². The fourth-order valence-corrected chi connectivity index (χ4v) is 12.8. The van der Waals surface area contributed by atoms with Crippen molar-refractivity contribution >= 4 is 10.0 Å². The van der Waals surface area contributed by atoms with E-state index >= 15 is 0 Å². The molecule has 0 radical (unpaired) electrons. The largest absolute Gasteiger partial charge is 0.396 e. The summed E-state index contributed by atoms with van der Waals surface area (Å²) in [5.74, 6) is 1.96. The van der Waals surface area contributed by atoms with Gasteiger partial charge in [-0.25, -0.2) is 10.0 Å². The monoisotopic (exact) mass is 392 g/mol. The third-order valence-corrected chi connectivity index (χ3v) is 14.3. The van der Waals surface area contributed by atoms with E-state index in [9.17, 15) is 18.3 Å². The molecule has 2 aliphatic heterocycles. The molecular weight excluding hydrogens is 357 g/mol. The molecule has 0 aromatic heterocycles. The summed E-state index contributed by atoms with van der Waals surface area (Å²) in [4.78, 5) is 0. The van der Waals surface area contributed by atoms with Crippen LogP contribution in [0.1, 0.15) is 64.7 Å². The van der Waals surface area contributed by atoms with Crippen LogP contribution in [-0.4, -0.2) is 40.4 Å². The van der Waals surface area contributed by atoms with Crippen LogP contribution in [0.25, 0.3) is 0 Å². The lowest BCUT2D eigenvalue weighted by Crippen LogP contribution is -2.52. The zero-order valence-electron chi connectivity index (χ0n) is 16.2. The molecule has 4 aliphatic rings. The lowest BCUT2D eigenvalue weighted by Gasteiger charge is -2.64. The molecule has 2 saturated carbocycles. The summed E-state index contributed by atoms with van der Waals surface area (Å²) >= 11 is 0. The summed E-state index contributed by atoms with van der Waals surface area (Å²) in [5, 5.41) is 10.5. The molecule has 0 aromatic rings. The molecule has 5 heteroatoms. The average Bonchev–Trinajstić information content (AvgIpc) is 2.90. The molecule has 4 fully saturated rings. The molecule has 26 heavy (non-hydrogen) atoms. The number of rotatable bonds is 2. The highest BCUT2D eigenvalue weighted by Crippen LogP contribution is 2.73. The predicted octanol–water partition coefficient (Wildman–Crippen LogP) is 5.75. The molecule has 0 spiro atoms. The first kappa shape index (κ1) is 19.4. The normalized spacial score (nSPS) is 53.9. The van der Waals surface area contributed by atoms with Crippen molar-refractivity contribution in [2.75, 3.05) is 18.6 Å². The van der Waals surface area contributed by atoms with Crippen molar-refractivity contribution in [1.29, 1.82) is 0 Å². The van der Waals surface area contributed by atoms with Crippen molar-refractivity contribution in [3.05, 3.63) is 0 Å². The van der Waals surface area contributed by atoms with E-state index in [0.717, 1.165) is 36.9 Å². The lowest BCUT2D eigenvalue weighted by molar-refractivity contribution is -0.177. The van der Waals surface area contributed by atoms with E-state index in [1.165, 1.54) is 25.7 Å². The van der Waals surface area contributed by atoms with Crippen LogP contribution in [0, 0.1) is 29.1 Å². The van der Waals surface area contributed by atoms with Gasteiger partial charge in [0.05, 0.1) is 5.92 Å². The van der Waals surface area contributed by atoms with Gasteiger partial charge in [-0.05, 0) is 103 Å². The Morgan fingerprint density at radius 3 is 2.54 bits per heavy atom. The summed E-state index contributed by atoms with van der Waals surface area (Å²) in [6.45, 7) is 2.76. The quantitative estimate of drug-likeness (QED) is 0.634. The van der Waals surface area contributed by atoms with E-state index in [1.807, 2.05) is 0 Å². The molecule has 4 rings (SSSR count). The highest BCUT2D eigenvalue weighted by Gasteiger charge is 2.59. The standard InChI is InChI=1S/C21H35F3OS/c1-20-10-7-19-17(18(20)6-3-14(20)8-11-25)5-4-16-13-15(21(22,23)24)9-12-26(16,19)2/h14-19,25H,3-13H2,1-2H3/t14?,15?,16-,17+,18?,19?,20-/m1/s1. The highest BCUT2D eigenvalue weighted by atomic mass is 32.3. The van der Waals surface area contributed by atoms with Crippen LogP contribution in [0.4, 0.5) is 13.2 Å². The van der Waals surface area contributed by atoms with Gasteiger partial charge in [-0.1, -0.05) is 6.92 Å². The third kappa shape index (κ3) is 2.86. The Morgan fingerprint density at radius 2 is 1.85 bits per heavy atom. The summed E-state index contributed by atoms with van der Waals surface area (Å²) < 4.78 is 39.9. The fourth-order valence-electron chi connectivity index (χ4n) is 7.73. The Bertz CT molecular complexity index is 538. The number of hydrogen-bond acceptors (Lipinski definition) is 1. The number of aliphatic hydroxyl groups is 1. The van der Waals surface area contributed by atoms with Gasteiger partial charge in [0.2, 0.25) is 0 Å². The zero-order chi connectivity index (χ0) is 18.7. The number of hydrogen-bond donors (Lipinski definition) is 1. The molecule has 5 unspecified atom stereocenters. The van der Waals surface area contributed by atoms with Crippen LogP contribution in [-0.2, 0) is 0 Å². The second-order valence-corrected chi connectivity index (χ2v) is 14.2. The molecule has 8 atom stereocenters. The topological polar surface area (TPSA) is 20.2 Å². The second kappa shape index (κ2) is 6.57. The maximum atomic E-state index is 13.3. The predicted molar refractivity (Wildman–Crippen MR) is 103 cm³/mol. The molecule has 1 N–H and O–H groups in total. The number of fused-ring (bicyclic) bond motifs is 5. The van der Waals surface area contributed by atoms with Gasteiger partial charge in [0, 0.05) is 6.61 Å². The van der Waals surface area contributed by atoms with Gasteiger partial charge in [0.15, 0.2) is 0 Å². The fraction of sp³-hybridized carbons (Fsp3) is 1.00. The average molecular weight is 393 g/mol. The summed E-state index contributed by atoms with van der Waals surface area (Å²) in [7, 11) is -0.921. The molecule has 2 saturated heterocycles.